The van der Waals surface area contributed by atoms with Crippen molar-refractivity contribution < 1.29 is 5.11 Å². The topological polar surface area (TPSA) is 47.3 Å². The molecule has 0 saturated carbocycles. The van der Waals surface area contributed by atoms with Crippen LogP contribution >= 0.6 is 11.3 Å². The number of nitriles is 1. The molecule has 1 aromatic carbocycles. The van der Waals surface area contributed by atoms with Gasteiger partial charge in [0.2, 0.25) is 0 Å². The molecule has 1 aromatic heterocycles. The number of nitrogens with zero attached hydrogens (tertiary/aromatic N) is 2. The van der Waals surface area contributed by atoms with E-state index in [9.17, 15) is 5.11 Å². The highest BCUT2D eigenvalue weighted by molar-refractivity contribution is 7.10. The standard InChI is InChI=1S/C18H20N2OS/c19-11-14-10-16(22-13-14)12-20(8-3-9-21)18-7-6-15-4-1-2-5-17(15)18/h1-2,4-5,10,13,18,21H,3,6-9,12H2. The predicted octanol–water partition coefficient (Wildman–Crippen LogP) is 3.49. The number of rotatable bonds is 6. The summed E-state index contributed by atoms with van der Waals surface area (Å²) >= 11 is 1.65. The van der Waals surface area contributed by atoms with E-state index in [1.54, 1.807) is 11.3 Å². The van der Waals surface area contributed by atoms with Crippen LogP contribution in [0.4, 0.5) is 0 Å². The zero-order chi connectivity index (χ0) is 15.4. The van der Waals surface area contributed by atoms with Crippen molar-refractivity contribution in [1.29, 1.82) is 5.26 Å². The van der Waals surface area contributed by atoms with Crippen LogP contribution in [-0.2, 0) is 13.0 Å². The van der Waals surface area contributed by atoms with Crippen molar-refractivity contribution in [1.82, 2.24) is 4.90 Å². The van der Waals surface area contributed by atoms with Gasteiger partial charge in [0, 0.05) is 36.0 Å². The summed E-state index contributed by atoms with van der Waals surface area (Å²) < 4.78 is 0. The number of thiophene rings is 1. The van der Waals surface area contributed by atoms with Crippen LogP contribution in [0.15, 0.2) is 35.7 Å². The zero-order valence-electron chi connectivity index (χ0n) is 12.5. The Morgan fingerprint density at radius 3 is 3.00 bits per heavy atom. The quantitative estimate of drug-likeness (QED) is 0.888. The van der Waals surface area contributed by atoms with E-state index in [1.807, 2.05) is 11.4 Å². The maximum atomic E-state index is 9.19. The first kappa shape index (κ1) is 15.2. The maximum Gasteiger partial charge on any atom is 0.100 e. The molecule has 3 nitrogen and oxygen atoms in total. The zero-order valence-corrected chi connectivity index (χ0v) is 13.4. The van der Waals surface area contributed by atoms with E-state index >= 15 is 0 Å². The fraction of sp³-hybridized carbons (Fsp3) is 0.389. The molecule has 2 aromatic rings. The van der Waals surface area contributed by atoms with Crippen LogP contribution in [0.5, 0.6) is 0 Å². The van der Waals surface area contributed by atoms with Crippen molar-refractivity contribution in [3.05, 3.63) is 57.3 Å². The second kappa shape index (κ2) is 7.06. The number of benzene rings is 1. The van der Waals surface area contributed by atoms with E-state index in [-0.39, 0.29) is 6.61 Å². The fourth-order valence-corrected chi connectivity index (χ4v) is 4.09. The molecule has 0 radical (unpaired) electrons. The highest BCUT2D eigenvalue weighted by atomic mass is 32.1. The SMILES string of the molecule is N#Cc1csc(CN(CCCO)C2CCc3ccccc32)c1. The van der Waals surface area contributed by atoms with Crippen LogP contribution in [0.3, 0.4) is 0 Å². The summed E-state index contributed by atoms with van der Waals surface area (Å²) in [6, 6.07) is 13.3. The highest BCUT2D eigenvalue weighted by Crippen LogP contribution is 2.36. The van der Waals surface area contributed by atoms with Crippen molar-refractivity contribution in [2.75, 3.05) is 13.2 Å². The second-order valence-corrected chi connectivity index (χ2v) is 6.71. The van der Waals surface area contributed by atoms with Crippen LogP contribution in [0.25, 0.3) is 0 Å². The van der Waals surface area contributed by atoms with Gasteiger partial charge in [0.15, 0.2) is 0 Å². The summed E-state index contributed by atoms with van der Waals surface area (Å²) in [5, 5.41) is 20.1. The Morgan fingerprint density at radius 1 is 1.36 bits per heavy atom. The van der Waals surface area contributed by atoms with Crippen molar-refractivity contribution in [3.8, 4) is 6.07 Å². The third-order valence-electron chi connectivity index (χ3n) is 4.29. The highest BCUT2D eigenvalue weighted by Gasteiger charge is 2.27. The lowest BCUT2D eigenvalue weighted by Crippen LogP contribution is -2.28. The Hall–Kier alpha value is -1.67. The normalized spacial score (nSPS) is 16.7. The molecule has 1 N–H and O–H groups in total. The molecule has 114 valence electrons. The van der Waals surface area contributed by atoms with E-state index in [4.69, 9.17) is 5.26 Å². The average molecular weight is 312 g/mol. The Morgan fingerprint density at radius 2 is 2.23 bits per heavy atom. The molecule has 1 heterocycles. The number of aliphatic hydroxyl groups is 1. The van der Waals surface area contributed by atoms with Crippen molar-refractivity contribution >= 4 is 11.3 Å². The minimum Gasteiger partial charge on any atom is -0.396 e. The van der Waals surface area contributed by atoms with Gasteiger partial charge >= 0.3 is 0 Å². The van der Waals surface area contributed by atoms with Crippen molar-refractivity contribution in [2.24, 2.45) is 0 Å². The molecular formula is C18H20N2OS. The molecule has 0 spiro atoms. The number of aryl methyl sites for hydroxylation is 1. The van der Waals surface area contributed by atoms with Gasteiger partial charge in [-0.25, -0.2) is 0 Å². The van der Waals surface area contributed by atoms with Crippen molar-refractivity contribution in [3.63, 3.8) is 0 Å². The third kappa shape index (κ3) is 3.22. The largest absolute Gasteiger partial charge is 0.396 e. The number of hydrogen-bond acceptors (Lipinski definition) is 4. The molecule has 0 amide bonds. The lowest BCUT2D eigenvalue weighted by Gasteiger charge is -2.29. The van der Waals surface area contributed by atoms with Gasteiger partial charge in [0.1, 0.15) is 6.07 Å². The first-order valence-electron chi connectivity index (χ1n) is 7.72. The molecule has 0 saturated heterocycles. The Kier molecular flexibility index (Phi) is 4.89. The Balaban J connectivity index is 1.79. The summed E-state index contributed by atoms with van der Waals surface area (Å²) in [4.78, 5) is 3.67. The summed E-state index contributed by atoms with van der Waals surface area (Å²) in [7, 11) is 0. The Bertz CT molecular complexity index is 674. The van der Waals surface area contributed by atoms with Gasteiger partial charge in [-0.05, 0) is 36.5 Å². The van der Waals surface area contributed by atoms with Gasteiger partial charge in [-0.15, -0.1) is 11.3 Å². The number of aliphatic hydroxyl groups excluding tert-OH is 1. The van der Waals surface area contributed by atoms with E-state index in [1.165, 1.54) is 16.0 Å². The molecule has 1 aliphatic rings. The molecule has 1 unspecified atom stereocenters. The van der Waals surface area contributed by atoms with Crippen LogP contribution in [-0.4, -0.2) is 23.2 Å². The fourth-order valence-electron chi connectivity index (χ4n) is 3.26. The first-order valence-corrected chi connectivity index (χ1v) is 8.60. The summed E-state index contributed by atoms with van der Waals surface area (Å²) in [5.74, 6) is 0. The molecule has 4 heteroatoms. The second-order valence-electron chi connectivity index (χ2n) is 5.71. The first-order chi connectivity index (χ1) is 10.8. The van der Waals surface area contributed by atoms with E-state index < -0.39 is 0 Å². The molecule has 22 heavy (non-hydrogen) atoms. The molecular weight excluding hydrogens is 292 g/mol. The van der Waals surface area contributed by atoms with Gasteiger partial charge in [0.05, 0.1) is 5.56 Å². The molecule has 3 rings (SSSR count). The van der Waals surface area contributed by atoms with E-state index in [0.29, 0.717) is 6.04 Å². The maximum absolute atomic E-state index is 9.19. The lowest BCUT2D eigenvalue weighted by molar-refractivity contribution is 0.167. The van der Waals surface area contributed by atoms with Crippen LogP contribution in [0, 0.1) is 11.3 Å². The third-order valence-corrected chi connectivity index (χ3v) is 5.21. The monoisotopic (exact) mass is 312 g/mol. The van der Waals surface area contributed by atoms with Gasteiger partial charge in [-0.3, -0.25) is 4.90 Å². The van der Waals surface area contributed by atoms with E-state index in [0.717, 1.165) is 37.9 Å². The lowest BCUT2D eigenvalue weighted by atomic mass is 10.1. The predicted molar refractivity (Wildman–Crippen MR) is 88.7 cm³/mol. The molecule has 0 fully saturated rings. The molecule has 1 atom stereocenters. The van der Waals surface area contributed by atoms with Gasteiger partial charge < -0.3 is 5.11 Å². The van der Waals surface area contributed by atoms with Crippen LogP contribution in [0.2, 0.25) is 0 Å². The van der Waals surface area contributed by atoms with Gasteiger partial charge in [-0.2, -0.15) is 5.26 Å². The molecule has 0 bridgehead atoms. The summed E-state index contributed by atoms with van der Waals surface area (Å²) in [6.45, 7) is 1.96. The molecule has 0 aliphatic heterocycles. The minimum absolute atomic E-state index is 0.221. The van der Waals surface area contributed by atoms with Crippen LogP contribution < -0.4 is 0 Å². The van der Waals surface area contributed by atoms with Gasteiger partial charge in [0.25, 0.3) is 0 Å². The smallest absolute Gasteiger partial charge is 0.100 e. The Labute approximate surface area is 135 Å². The number of hydrogen-bond donors (Lipinski definition) is 1. The summed E-state index contributed by atoms with van der Waals surface area (Å²) in [5.41, 5.74) is 3.62. The number of fused-ring (bicyclic) bond motifs is 1. The average Bonchev–Trinajstić information content (AvgIpc) is 3.18. The van der Waals surface area contributed by atoms with Crippen molar-refractivity contribution in [2.45, 2.75) is 31.8 Å². The summed E-state index contributed by atoms with van der Waals surface area (Å²) in [6.07, 6.45) is 3.06. The van der Waals surface area contributed by atoms with E-state index in [2.05, 4.69) is 35.2 Å². The van der Waals surface area contributed by atoms with Gasteiger partial charge in [-0.1, -0.05) is 24.3 Å². The molecule has 1 aliphatic carbocycles. The minimum atomic E-state index is 0.221. The van der Waals surface area contributed by atoms with Crippen LogP contribution in [0.1, 0.15) is 40.5 Å².